The molecule has 1 aromatic carbocycles. The molecule has 0 radical (unpaired) electrons. The van der Waals surface area contributed by atoms with Gasteiger partial charge >= 0.3 is 0 Å². The lowest BCUT2D eigenvalue weighted by atomic mass is 9.68. The maximum absolute atomic E-state index is 12.7. The first-order valence-corrected chi connectivity index (χ1v) is 7.12. The smallest absolute Gasteiger partial charge is 0.194 e. The molecule has 0 unspecified atom stereocenters. The molecule has 0 atom stereocenters. The van der Waals surface area contributed by atoms with Gasteiger partial charge in [-0.15, -0.1) is 0 Å². The number of ether oxygens (including phenoxy) is 1. The van der Waals surface area contributed by atoms with E-state index in [1.165, 1.54) is 0 Å². The van der Waals surface area contributed by atoms with Crippen LogP contribution in [0.1, 0.15) is 49.9 Å². The highest BCUT2D eigenvalue weighted by molar-refractivity contribution is 6.31. The Labute approximate surface area is 120 Å². The standard InChI is InChI=1S/C16H21ClO2/c1-15(2)7-9-16(19-3,10-8-15)14(18)12-5-4-6-13(17)11-12/h4-6,11H,7-10H2,1-3H3. The summed E-state index contributed by atoms with van der Waals surface area (Å²) in [6, 6.07) is 7.13. The van der Waals surface area contributed by atoms with Crippen LogP contribution in [0.25, 0.3) is 0 Å². The maximum atomic E-state index is 12.7. The van der Waals surface area contributed by atoms with E-state index in [4.69, 9.17) is 16.3 Å². The number of carbonyl (C=O) groups is 1. The van der Waals surface area contributed by atoms with Gasteiger partial charge in [0.15, 0.2) is 5.78 Å². The fraction of sp³-hybridized carbons (Fsp3) is 0.562. The molecule has 0 bridgehead atoms. The molecule has 0 amide bonds. The molecule has 0 heterocycles. The predicted octanol–water partition coefficient (Wildman–Crippen LogP) is 4.51. The van der Waals surface area contributed by atoms with Crippen molar-refractivity contribution >= 4 is 17.4 Å². The van der Waals surface area contributed by atoms with Crippen LogP contribution in [0, 0.1) is 5.41 Å². The fourth-order valence-electron chi connectivity index (χ4n) is 2.75. The van der Waals surface area contributed by atoms with E-state index in [9.17, 15) is 4.79 Å². The molecule has 1 fully saturated rings. The summed E-state index contributed by atoms with van der Waals surface area (Å²) in [5, 5.41) is 0.591. The van der Waals surface area contributed by atoms with Crippen LogP contribution in [0.5, 0.6) is 0 Å². The van der Waals surface area contributed by atoms with Gasteiger partial charge in [-0.05, 0) is 43.2 Å². The third-order valence-electron chi connectivity index (χ3n) is 4.30. The van der Waals surface area contributed by atoms with Crippen molar-refractivity contribution in [3.63, 3.8) is 0 Å². The number of carbonyl (C=O) groups excluding carboxylic acids is 1. The second-order valence-electron chi connectivity index (χ2n) is 6.20. The summed E-state index contributed by atoms with van der Waals surface area (Å²) in [7, 11) is 1.64. The molecule has 0 N–H and O–H groups in total. The summed E-state index contributed by atoms with van der Waals surface area (Å²) < 4.78 is 5.64. The fourth-order valence-corrected chi connectivity index (χ4v) is 2.94. The van der Waals surface area contributed by atoms with Crippen molar-refractivity contribution in [3.05, 3.63) is 34.9 Å². The van der Waals surface area contributed by atoms with Crippen LogP contribution in [0.15, 0.2) is 24.3 Å². The summed E-state index contributed by atoms with van der Waals surface area (Å²) in [5.74, 6) is 0.0630. The Balaban J connectivity index is 2.25. The Morgan fingerprint density at radius 1 is 1.21 bits per heavy atom. The number of benzene rings is 1. The lowest BCUT2D eigenvalue weighted by molar-refractivity contribution is -0.0383. The third kappa shape index (κ3) is 3.01. The topological polar surface area (TPSA) is 26.3 Å². The molecule has 0 saturated heterocycles. The van der Waals surface area contributed by atoms with Crippen LogP contribution in [0.4, 0.5) is 0 Å². The number of ketones is 1. The van der Waals surface area contributed by atoms with Crippen LogP contribution >= 0.6 is 11.6 Å². The van der Waals surface area contributed by atoms with Crippen LogP contribution in [0.3, 0.4) is 0 Å². The highest BCUT2D eigenvalue weighted by Gasteiger charge is 2.44. The monoisotopic (exact) mass is 280 g/mol. The molecular formula is C16H21ClO2. The van der Waals surface area contributed by atoms with Crippen molar-refractivity contribution in [2.45, 2.75) is 45.1 Å². The molecule has 19 heavy (non-hydrogen) atoms. The Kier molecular flexibility index (Phi) is 4.03. The summed E-state index contributed by atoms with van der Waals surface area (Å²) in [5.41, 5.74) is 0.283. The molecule has 2 rings (SSSR count). The lowest BCUT2D eigenvalue weighted by Crippen LogP contribution is -2.45. The van der Waals surface area contributed by atoms with Gasteiger partial charge in [-0.3, -0.25) is 4.79 Å². The van der Waals surface area contributed by atoms with E-state index < -0.39 is 5.60 Å². The normalized spacial score (nSPS) is 21.1. The van der Waals surface area contributed by atoms with E-state index in [-0.39, 0.29) is 5.78 Å². The molecule has 0 aliphatic heterocycles. The van der Waals surface area contributed by atoms with Gasteiger partial charge in [-0.2, -0.15) is 0 Å². The van der Waals surface area contributed by atoms with Crippen LogP contribution < -0.4 is 0 Å². The second-order valence-corrected chi connectivity index (χ2v) is 6.64. The second kappa shape index (κ2) is 5.26. The molecule has 0 spiro atoms. The van der Waals surface area contributed by atoms with E-state index >= 15 is 0 Å². The van der Waals surface area contributed by atoms with Gasteiger partial charge in [0.05, 0.1) is 0 Å². The van der Waals surface area contributed by atoms with Crippen molar-refractivity contribution in [3.8, 4) is 0 Å². The van der Waals surface area contributed by atoms with Crippen LogP contribution in [-0.4, -0.2) is 18.5 Å². The first-order valence-electron chi connectivity index (χ1n) is 6.74. The van der Waals surface area contributed by atoms with Gasteiger partial charge in [0.2, 0.25) is 0 Å². The van der Waals surface area contributed by atoms with Gasteiger partial charge < -0.3 is 4.74 Å². The number of halogens is 1. The lowest BCUT2D eigenvalue weighted by Gasteiger charge is -2.41. The zero-order valence-electron chi connectivity index (χ0n) is 11.8. The number of hydrogen-bond donors (Lipinski definition) is 0. The molecule has 1 saturated carbocycles. The van der Waals surface area contributed by atoms with E-state index in [0.717, 1.165) is 25.7 Å². The molecule has 2 nitrogen and oxygen atoms in total. The zero-order chi connectivity index (χ0) is 14.1. The highest BCUT2D eigenvalue weighted by atomic mass is 35.5. The van der Waals surface area contributed by atoms with Gasteiger partial charge in [0.1, 0.15) is 5.60 Å². The van der Waals surface area contributed by atoms with Crippen molar-refractivity contribution in [1.29, 1.82) is 0 Å². The van der Waals surface area contributed by atoms with Crippen molar-refractivity contribution in [2.24, 2.45) is 5.41 Å². The maximum Gasteiger partial charge on any atom is 0.194 e. The first-order chi connectivity index (χ1) is 8.88. The average Bonchev–Trinajstić information content (AvgIpc) is 2.39. The largest absolute Gasteiger partial charge is 0.370 e. The summed E-state index contributed by atoms with van der Waals surface area (Å²) in [4.78, 5) is 12.7. The average molecular weight is 281 g/mol. The molecular weight excluding hydrogens is 260 g/mol. The molecule has 1 aromatic rings. The van der Waals surface area contributed by atoms with Gasteiger partial charge in [0.25, 0.3) is 0 Å². The SMILES string of the molecule is COC1(C(=O)c2cccc(Cl)c2)CCC(C)(C)CC1. The minimum Gasteiger partial charge on any atom is -0.370 e. The first kappa shape index (κ1) is 14.5. The number of hydrogen-bond acceptors (Lipinski definition) is 2. The summed E-state index contributed by atoms with van der Waals surface area (Å²) >= 11 is 5.97. The minimum atomic E-state index is -0.666. The third-order valence-corrected chi connectivity index (χ3v) is 4.54. The van der Waals surface area contributed by atoms with Crippen molar-refractivity contribution in [2.75, 3.05) is 7.11 Å². The van der Waals surface area contributed by atoms with E-state index in [1.54, 1.807) is 19.2 Å². The van der Waals surface area contributed by atoms with E-state index in [1.807, 2.05) is 12.1 Å². The van der Waals surface area contributed by atoms with Crippen molar-refractivity contribution in [1.82, 2.24) is 0 Å². The Bertz CT molecular complexity index is 469. The Morgan fingerprint density at radius 2 is 1.84 bits per heavy atom. The summed E-state index contributed by atoms with van der Waals surface area (Å²) in [6.07, 6.45) is 3.57. The van der Waals surface area contributed by atoms with Gasteiger partial charge in [-0.25, -0.2) is 0 Å². The van der Waals surface area contributed by atoms with E-state index in [0.29, 0.717) is 16.0 Å². The molecule has 104 valence electrons. The number of methoxy groups -OCH3 is 1. The summed E-state index contributed by atoms with van der Waals surface area (Å²) in [6.45, 7) is 4.49. The number of Topliss-reactive ketones (excluding diaryl/α,β-unsaturated/α-hetero) is 1. The van der Waals surface area contributed by atoms with E-state index in [2.05, 4.69) is 13.8 Å². The quantitative estimate of drug-likeness (QED) is 0.762. The zero-order valence-corrected chi connectivity index (χ0v) is 12.6. The van der Waals surface area contributed by atoms with Crippen molar-refractivity contribution < 1.29 is 9.53 Å². The van der Waals surface area contributed by atoms with Crippen LogP contribution in [-0.2, 0) is 4.74 Å². The molecule has 1 aliphatic rings. The van der Waals surface area contributed by atoms with Gasteiger partial charge in [-0.1, -0.05) is 37.6 Å². The minimum absolute atomic E-state index is 0.0630. The Hall–Kier alpha value is -0.860. The molecule has 3 heteroatoms. The molecule has 0 aromatic heterocycles. The number of rotatable bonds is 3. The highest BCUT2D eigenvalue weighted by Crippen LogP contribution is 2.43. The van der Waals surface area contributed by atoms with Crippen LogP contribution in [0.2, 0.25) is 5.02 Å². The molecule has 1 aliphatic carbocycles. The predicted molar refractivity (Wildman–Crippen MR) is 77.8 cm³/mol. The van der Waals surface area contributed by atoms with Gasteiger partial charge in [0, 0.05) is 17.7 Å². The Morgan fingerprint density at radius 3 is 2.37 bits per heavy atom.